The Morgan fingerprint density at radius 1 is 1.36 bits per heavy atom. The molecular weight excluding hydrogens is 320 g/mol. The van der Waals surface area contributed by atoms with Crippen molar-refractivity contribution in [2.45, 2.75) is 71.2 Å². The summed E-state index contributed by atoms with van der Waals surface area (Å²) in [6.07, 6.45) is 5.46. The fourth-order valence-corrected chi connectivity index (χ4v) is 3.02. The topological polar surface area (TPSA) is 76.7 Å². The molecule has 1 aliphatic rings. The molecule has 1 aliphatic carbocycles. The molecule has 0 aromatic rings. The van der Waals surface area contributed by atoms with Gasteiger partial charge in [-0.05, 0) is 32.3 Å². The van der Waals surface area contributed by atoms with Crippen LogP contribution in [0.15, 0.2) is 24.3 Å². The van der Waals surface area contributed by atoms with Crippen LogP contribution in [0.3, 0.4) is 0 Å². The van der Waals surface area contributed by atoms with Gasteiger partial charge in [-0.25, -0.2) is 4.79 Å². The number of hydrogen-bond donors (Lipinski definition) is 2. The van der Waals surface area contributed by atoms with E-state index in [2.05, 4.69) is 31.1 Å². The average molecular weight is 352 g/mol. The summed E-state index contributed by atoms with van der Waals surface area (Å²) >= 11 is 0. The predicted molar refractivity (Wildman–Crippen MR) is 98.2 cm³/mol. The van der Waals surface area contributed by atoms with Gasteiger partial charge in [0.25, 0.3) is 0 Å². The van der Waals surface area contributed by atoms with Gasteiger partial charge < -0.3 is 20.1 Å². The molecule has 0 bridgehead atoms. The maximum absolute atomic E-state index is 12.2. The molecule has 0 radical (unpaired) electrons. The second-order valence-electron chi connectivity index (χ2n) is 6.19. The summed E-state index contributed by atoms with van der Waals surface area (Å²) < 4.78 is 11.4. The summed E-state index contributed by atoms with van der Waals surface area (Å²) in [4.78, 5) is 23.9. The first-order valence-corrected chi connectivity index (χ1v) is 9.11. The third-order valence-corrected chi connectivity index (χ3v) is 4.28. The molecule has 2 N–H and O–H groups in total. The molecule has 1 rings (SSSR count). The Morgan fingerprint density at radius 2 is 2.04 bits per heavy atom. The van der Waals surface area contributed by atoms with Crippen molar-refractivity contribution in [3.8, 4) is 0 Å². The van der Waals surface area contributed by atoms with Gasteiger partial charge in [0, 0.05) is 25.1 Å². The number of ether oxygens (including phenoxy) is 2. The summed E-state index contributed by atoms with van der Waals surface area (Å²) in [6.45, 7) is 12.0. The predicted octanol–water partition coefficient (Wildman–Crippen LogP) is 2.10. The van der Waals surface area contributed by atoms with Gasteiger partial charge in [0.1, 0.15) is 0 Å². The average Bonchev–Trinajstić information content (AvgIpc) is 2.59. The summed E-state index contributed by atoms with van der Waals surface area (Å²) in [5, 5.41) is 6.31. The van der Waals surface area contributed by atoms with Crippen LogP contribution in [0.2, 0.25) is 0 Å². The van der Waals surface area contributed by atoms with Crippen molar-refractivity contribution in [2.75, 3.05) is 13.2 Å². The quantitative estimate of drug-likeness (QED) is 0.465. The fourth-order valence-electron chi connectivity index (χ4n) is 3.02. The highest BCUT2D eigenvalue weighted by Gasteiger charge is 2.37. The molecule has 0 fully saturated rings. The fraction of sp³-hybridized carbons (Fsp3) is 0.684. The van der Waals surface area contributed by atoms with E-state index in [0.717, 1.165) is 12.8 Å². The summed E-state index contributed by atoms with van der Waals surface area (Å²) in [6, 6.07) is -0.387. The van der Waals surface area contributed by atoms with Crippen LogP contribution >= 0.6 is 0 Å². The number of esters is 1. The van der Waals surface area contributed by atoms with E-state index >= 15 is 0 Å². The number of nitrogens with one attached hydrogen (secondary N) is 2. The second kappa shape index (κ2) is 11.1. The maximum Gasteiger partial charge on any atom is 0.333 e. The first-order valence-electron chi connectivity index (χ1n) is 9.11. The number of hydrogen-bond acceptors (Lipinski definition) is 5. The molecule has 0 aromatic heterocycles. The molecule has 142 valence electrons. The molecule has 0 saturated heterocycles. The largest absolute Gasteiger partial charge is 0.463 e. The minimum Gasteiger partial charge on any atom is -0.463 e. The first-order chi connectivity index (χ1) is 12.0. The van der Waals surface area contributed by atoms with Crippen LogP contribution in [0.25, 0.3) is 0 Å². The van der Waals surface area contributed by atoms with E-state index < -0.39 is 0 Å². The zero-order valence-electron chi connectivity index (χ0n) is 15.8. The molecule has 3 unspecified atom stereocenters. The van der Waals surface area contributed by atoms with Crippen LogP contribution in [-0.4, -0.2) is 49.3 Å². The van der Waals surface area contributed by atoms with Gasteiger partial charge in [0.2, 0.25) is 5.91 Å². The van der Waals surface area contributed by atoms with Crippen molar-refractivity contribution in [3.63, 3.8) is 0 Å². The molecule has 3 atom stereocenters. The van der Waals surface area contributed by atoms with Gasteiger partial charge in [-0.3, -0.25) is 4.79 Å². The van der Waals surface area contributed by atoms with Crippen molar-refractivity contribution in [1.82, 2.24) is 10.6 Å². The number of amides is 1. The standard InChI is InChI=1S/C19H32N2O4/c1-6-10-20-16-11-14(19(23)24-9-4)12-17(18(16)21-13(5)22)25-15(7-2)8-3/h6,12,15-18,20H,1,7-11H2,2-5H3,(H,21,22). The van der Waals surface area contributed by atoms with Crippen LogP contribution in [0, 0.1) is 0 Å². The lowest BCUT2D eigenvalue weighted by Crippen LogP contribution is -2.58. The number of carbonyl (C=O) groups excluding carboxylic acids is 2. The van der Waals surface area contributed by atoms with Crippen molar-refractivity contribution < 1.29 is 19.1 Å². The van der Waals surface area contributed by atoms with Gasteiger partial charge >= 0.3 is 5.97 Å². The normalized spacial score (nSPS) is 23.1. The highest BCUT2D eigenvalue weighted by atomic mass is 16.5. The highest BCUT2D eigenvalue weighted by molar-refractivity contribution is 5.89. The monoisotopic (exact) mass is 352 g/mol. The van der Waals surface area contributed by atoms with Crippen LogP contribution in [0.4, 0.5) is 0 Å². The van der Waals surface area contributed by atoms with E-state index in [4.69, 9.17) is 9.47 Å². The third kappa shape index (κ3) is 6.63. The van der Waals surface area contributed by atoms with Gasteiger partial charge in [-0.1, -0.05) is 19.9 Å². The number of carbonyl (C=O) groups is 2. The molecule has 0 aromatic carbocycles. The van der Waals surface area contributed by atoms with Gasteiger partial charge in [0.15, 0.2) is 0 Å². The Hall–Kier alpha value is -1.66. The lowest BCUT2D eigenvalue weighted by atomic mass is 9.87. The van der Waals surface area contributed by atoms with Crippen LogP contribution < -0.4 is 10.6 Å². The van der Waals surface area contributed by atoms with Crippen molar-refractivity contribution in [1.29, 1.82) is 0 Å². The molecular formula is C19H32N2O4. The Morgan fingerprint density at radius 3 is 2.56 bits per heavy atom. The van der Waals surface area contributed by atoms with Crippen molar-refractivity contribution in [3.05, 3.63) is 24.3 Å². The van der Waals surface area contributed by atoms with Crippen LogP contribution in [-0.2, 0) is 19.1 Å². The molecule has 6 heteroatoms. The lowest BCUT2D eigenvalue weighted by Gasteiger charge is -2.38. The SMILES string of the molecule is C=CCNC1CC(C(=O)OCC)=CC(OC(CC)CC)C1NC(C)=O. The summed E-state index contributed by atoms with van der Waals surface area (Å²) in [5.41, 5.74) is 0.584. The summed E-state index contributed by atoms with van der Waals surface area (Å²) in [7, 11) is 0. The Bertz CT molecular complexity index is 486. The molecule has 0 heterocycles. The zero-order chi connectivity index (χ0) is 18.8. The van der Waals surface area contributed by atoms with Crippen molar-refractivity contribution in [2.24, 2.45) is 0 Å². The van der Waals surface area contributed by atoms with Gasteiger partial charge in [-0.15, -0.1) is 6.58 Å². The molecule has 0 spiro atoms. The second-order valence-corrected chi connectivity index (χ2v) is 6.19. The lowest BCUT2D eigenvalue weighted by molar-refractivity contribution is -0.139. The van der Waals surface area contributed by atoms with E-state index in [1.165, 1.54) is 6.92 Å². The maximum atomic E-state index is 12.2. The van der Waals surface area contributed by atoms with Crippen LogP contribution in [0.5, 0.6) is 0 Å². The minimum absolute atomic E-state index is 0.0686. The van der Waals surface area contributed by atoms with Gasteiger partial charge in [-0.2, -0.15) is 0 Å². The van der Waals surface area contributed by atoms with Crippen LogP contribution in [0.1, 0.15) is 47.0 Å². The smallest absolute Gasteiger partial charge is 0.333 e. The zero-order valence-corrected chi connectivity index (χ0v) is 15.8. The Labute approximate surface area is 151 Å². The molecule has 6 nitrogen and oxygen atoms in total. The molecule has 25 heavy (non-hydrogen) atoms. The van der Waals surface area contributed by atoms with E-state index in [9.17, 15) is 9.59 Å². The molecule has 0 aliphatic heterocycles. The Kier molecular flexibility index (Phi) is 9.45. The van der Waals surface area contributed by atoms with E-state index in [-0.39, 0.29) is 36.2 Å². The first kappa shape index (κ1) is 21.4. The van der Waals surface area contributed by atoms with E-state index in [0.29, 0.717) is 25.1 Å². The molecule has 1 amide bonds. The summed E-state index contributed by atoms with van der Waals surface area (Å²) in [5.74, 6) is -0.450. The highest BCUT2D eigenvalue weighted by Crippen LogP contribution is 2.25. The van der Waals surface area contributed by atoms with E-state index in [1.807, 2.05) is 6.08 Å². The molecule has 0 saturated carbocycles. The number of rotatable bonds is 10. The Balaban J connectivity index is 3.12. The third-order valence-electron chi connectivity index (χ3n) is 4.28. The van der Waals surface area contributed by atoms with Crippen molar-refractivity contribution >= 4 is 11.9 Å². The van der Waals surface area contributed by atoms with Gasteiger partial charge in [0.05, 0.1) is 24.9 Å². The van der Waals surface area contributed by atoms with E-state index in [1.54, 1.807) is 13.0 Å². The minimum atomic E-state index is -0.385.